The van der Waals surface area contributed by atoms with Crippen LogP contribution in [-0.2, 0) is 19.6 Å². The maximum Gasteiger partial charge on any atom is 0.327 e. The Morgan fingerprint density at radius 1 is 1.44 bits per heavy atom. The van der Waals surface area contributed by atoms with Gasteiger partial charge >= 0.3 is 5.97 Å². The quantitative estimate of drug-likeness (QED) is 0.519. The number of hydrogen-bond donors (Lipinski definition) is 3. The van der Waals surface area contributed by atoms with Crippen LogP contribution in [0.2, 0.25) is 0 Å². The molecule has 8 heteroatoms. The summed E-state index contributed by atoms with van der Waals surface area (Å²) in [7, 11) is -2.52. The van der Waals surface area contributed by atoms with Crippen LogP contribution in [0.15, 0.2) is 23.1 Å². The molecule has 18 heavy (non-hydrogen) atoms. The predicted octanol–water partition coefficient (Wildman–Crippen LogP) is -0.110. The lowest BCUT2D eigenvalue weighted by atomic mass is 10.2. The highest BCUT2D eigenvalue weighted by Gasteiger charge is 2.15. The predicted molar refractivity (Wildman–Crippen MR) is 67.3 cm³/mol. The van der Waals surface area contributed by atoms with Gasteiger partial charge in [0, 0.05) is 0 Å². The van der Waals surface area contributed by atoms with Crippen molar-refractivity contribution in [2.24, 2.45) is 5.14 Å². The highest BCUT2D eigenvalue weighted by Crippen LogP contribution is 2.22. The Morgan fingerprint density at radius 2 is 2.06 bits per heavy atom. The lowest BCUT2D eigenvalue weighted by Gasteiger charge is -2.15. The number of primary sulfonamides is 1. The van der Waals surface area contributed by atoms with Gasteiger partial charge in [-0.2, -0.15) is 0 Å². The smallest absolute Gasteiger partial charge is 0.327 e. The van der Waals surface area contributed by atoms with Crippen molar-refractivity contribution in [3.05, 3.63) is 18.2 Å². The van der Waals surface area contributed by atoms with Crippen molar-refractivity contribution < 1.29 is 17.9 Å². The topological polar surface area (TPSA) is 125 Å². The second kappa shape index (κ2) is 5.23. The SMILES string of the molecule is COC(=O)C(C)Nc1ccc(S(N)(=O)=O)cc1N. The van der Waals surface area contributed by atoms with Gasteiger partial charge in [-0.05, 0) is 25.1 Å². The molecule has 1 aromatic carbocycles. The van der Waals surface area contributed by atoms with E-state index in [1.165, 1.54) is 25.3 Å². The number of hydrogen-bond acceptors (Lipinski definition) is 6. The first-order chi connectivity index (χ1) is 8.25. The Balaban J connectivity index is 2.97. The van der Waals surface area contributed by atoms with Gasteiger partial charge in [-0.1, -0.05) is 0 Å². The molecule has 0 aliphatic heterocycles. The van der Waals surface area contributed by atoms with Gasteiger partial charge in [0.2, 0.25) is 10.0 Å². The summed E-state index contributed by atoms with van der Waals surface area (Å²) in [6.07, 6.45) is 0. The van der Waals surface area contributed by atoms with Crippen LogP contribution >= 0.6 is 0 Å². The Morgan fingerprint density at radius 3 is 2.50 bits per heavy atom. The highest BCUT2D eigenvalue weighted by atomic mass is 32.2. The average molecular weight is 273 g/mol. The number of ether oxygens (including phenoxy) is 1. The van der Waals surface area contributed by atoms with E-state index in [4.69, 9.17) is 10.9 Å². The number of nitrogen functional groups attached to an aromatic ring is 1. The van der Waals surface area contributed by atoms with Crippen LogP contribution in [0.1, 0.15) is 6.92 Å². The number of carbonyl (C=O) groups excluding carboxylic acids is 1. The molecule has 5 N–H and O–H groups in total. The molecule has 0 fully saturated rings. The Labute approximate surface area is 105 Å². The molecule has 0 bridgehead atoms. The number of benzene rings is 1. The summed E-state index contributed by atoms with van der Waals surface area (Å²) in [6, 6.07) is 3.37. The number of methoxy groups -OCH3 is 1. The van der Waals surface area contributed by atoms with Crippen LogP contribution in [0.5, 0.6) is 0 Å². The molecule has 0 radical (unpaired) electrons. The molecule has 0 heterocycles. The summed E-state index contributed by atoms with van der Waals surface area (Å²) in [6.45, 7) is 1.60. The lowest BCUT2D eigenvalue weighted by Crippen LogP contribution is -2.27. The molecule has 0 amide bonds. The van der Waals surface area contributed by atoms with Crippen LogP contribution in [-0.4, -0.2) is 27.5 Å². The van der Waals surface area contributed by atoms with Gasteiger partial charge in [0.15, 0.2) is 0 Å². The zero-order valence-corrected chi connectivity index (χ0v) is 10.8. The van der Waals surface area contributed by atoms with Gasteiger partial charge in [-0.15, -0.1) is 0 Å². The number of sulfonamides is 1. The number of rotatable bonds is 4. The molecule has 1 unspecified atom stereocenters. The van der Waals surface area contributed by atoms with E-state index in [0.29, 0.717) is 5.69 Å². The summed E-state index contributed by atoms with van der Waals surface area (Å²) in [5.74, 6) is -0.454. The largest absolute Gasteiger partial charge is 0.467 e. The second-order valence-corrected chi connectivity index (χ2v) is 5.24. The summed E-state index contributed by atoms with van der Waals surface area (Å²) < 4.78 is 26.7. The molecule has 1 atom stereocenters. The third kappa shape index (κ3) is 3.34. The molecule has 0 aromatic heterocycles. The van der Waals surface area contributed by atoms with Crippen molar-refractivity contribution in [1.29, 1.82) is 0 Å². The summed E-state index contributed by atoms with van der Waals surface area (Å²) >= 11 is 0. The first kappa shape index (κ1) is 14.3. The van der Waals surface area contributed by atoms with E-state index in [2.05, 4.69) is 10.1 Å². The van der Waals surface area contributed by atoms with Crippen molar-refractivity contribution in [1.82, 2.24) is 0 Å². The Bertz CT molecular complexity index is 556. The number of anilines is 2. The molecule has 7 nitrogen and oxygen atoms in total. The van der Waals surface area contributed by atoms with Crippen molar-refractivity contribution in [2.45, 2.75) is 17.9 Å². The molecule has 0 aliphatic rings. The molecule has 100 valence electrons. The van der Waals surface area contributed by atoms with E-state index in [0.717, 1.165) is 0 Å². The van der Waals surface area contributed by atoms with Crippen LogP contribution in [0, 0.1) is 0 Å². The maximum atomic E-state index is 11.2. The fraction of sp³-hybridized carbons (Fsp3) is 0.300. The molecule has 0 saturated carbocycles. The van der Waals surface area contributed by atoms with Crippen molar-refractivity contribution in [3.8, 4) is 0 Å². The monoisotopic (exact) mass is 273 g/mol. The first-order valence-corrected chi connectivity index (χ1v) is 6.57. The summed E-state index contributed by atoms with van der Waals surface area (Å²) in [4.78, 5) is 11.1. The van der Waals surface area contributed by atoms with E-state index in [1.807, 2.05) is 0 Å². The van der Waals surface area contributed by atoms with Crippen LogP contribution in [0.3, 0.4) is 0 Å². The molecular weight excluding hydrogens is 258 g/mol. The van der Waals surface area contributed by atoms with Crippen molar-refractivity contribution in [2.75, 3.05) is 18.2 Å². The van der Waals surface area contributed by atoms with Crippen LogP contribution in [0.25, 0.3) is 0 Å². The van der Waals surface area contributed by atoms with Crippen LogP contribution < -0.4 is 16.2 Å². The van der Waals surface area contributed by atoms with Crippen LogP contribution in [0.4, 0.5) is 11.4 Å². The third-order valence-electron chi connectivity index (χ3n) is 2.28. The fourth-order valence-corrected chi connectivity index (χ4v) is 1.87. The number of nitrogens with two attached hydrogens (primary N) is 2. The second-order valence-electron chi connectivity index (χ2n) is 3.68. The van der Waals surface area contributed by atoms with Crippen molar-refractivity contribution in [3.63, 3.8) is 0 Å². The fourth-order valence-electron chi connectivity index (χ4n) is 1.32. The lowest BCUT2D eigenvalue weighted by molar-refractivity contribution is -0.141. The summed E-state index contributed by atoms with van der Waals surface area (Å²) in [5.41, 5.74) is 6.28. The van der Waals surface area contributed by atoms with Gasteiger partial charge in [-0.3, -0.25) is 0 Å². The maximum absolute atomic E-state index is 11.2. The average Bonchev–Trinajstić information content (AvgIpc) is 2.29. The molecule has 1 aromatic rings. The highest BCUT2D eigenvalue weighted by molar-refractivity contribution is 7.89. The zero-order chi connectivity index (χ0) is 13.9. The normalized spacial score (nSPS) is 12.8. The minimum atomic E-state index is -3.79. The number of nitrogens with one attached hydrogen (secondary N) is 1. The minimum Gasteiger partial charge on any atom is -0.467 e. The van der Waals surface area contributed by atoms with E-state index < -0.39 is 22.0 Å². The van der Waals surface area contributed by atoms with E-state index in [-0.39, 0.29) is 10.6 Å². The van der Waals surface area contributed by atoms with Crippen molar-refractivity contribution >= 4 is 27.4 Å². The molecule has 0 aliphatic carbocycles. The standard InChI is InChI=1S/C10H15N3O4S/c1-6(10(14)17-2)13-9-4-3-7(5-8(9)11)18(12,15)16/h3-6,13H,11H2,1-2H3,(H2,12,15,16). The number of carbonyl (C=O) groups is 1. The molecule has 0 spiro atoms. The molecular formula is C10H15N3O4S. The van der Waals surface area contributed by atoms with E-state index in [1.54, 1.807) is 6.92 Å². The third-order valence-corrected chi connectivity index (χ3v) is 3.19. The Kier molecular flexibility index (Phi) is 4.15. The van der Waals surface area contributed by atoms with E-state index >= 15 is 0 Å². The Hall–Kier alpha value is -1.80. The minimum absolute atomic E-state index is 0.0868. The van der Waals surface area contributed by atoms with Gasteiger partial charge < -0.3 is 15.8 Å². The number of esters is 1. The van der Waals surface area contributed by atoms with E-state index in [9.17, 15) is 13.2 Å². The van der Waals surface area contributed by atoms with Gasteiger partial charge in [0.1, 0.15) is 6.04 Å². The molecule has 0 saturated heterocycles. The zero-order valence-electron chi connectivity index (χ0n) is 10.0. The van der Waals surface area contributed by atoms with Gasteiger partial charge in [0.25, 0.3) is 0 Å². The van der Waals surface area contributed by atoms with Gasteiger partial charge in [-0.25, -0.2) is 18.4 Å². The van der Waals surface area contributed by atoms with Gasteiger partial charge in [0.05, 0.1) is 23.4 Å². The molecule has 1 rings (SSSR count). The summed E-state index contributed by atoms with van der Waals surface area (Å²) in [5, 5.41) is 7.77. The first-order valence-electron chi connectivity index (χ1n) is 5.02.